The second kappa shape index (κ2) is 8.73. The third-order valence-corrected chi connectivity index (χ3v) is 6.24. The molecule has 0 saturated carbocycles. The summed E-state index contributed by atoms with van der Waals surface area (Å²) in [5.41, 5.74) is 1.03. The Morgan fingerprint density at radius 2 is 2.03 bits per heavy atom. The Morgan fingerprint density at radius 3 is 2.78 bits per heavy atom. The number of hydrogen-bond acceptors (Lipinski definition) is 5. The van der Waals surface area contributed by atoms with Crippen LogP contribution in [-0.2, 0) is 4.79 Å². The van der Waals surface area contributed by atoms with Crippen LogP contribution in [0.15, 0.2) is 54.7 Å². The van der Waals surface area contributed by atoms with Crippen molar-refractivity contribution < 1.29 is 9.53 Å². The van der Waals surface area contributed by atoms with Crippen LogP contribution < -0.4 is 9.64 Å². The number of anilines is 1. The highest BCUT2D eigenvalue weighted by Crippen LogP contribution is 2.34. The zero-order valence-corrected chi connectivity index (χ0v) is 19.3. The Hall–Kier alpha value is -3.21. The smallest absolute Gasteiger partial charge is 0.258 e. The average Bonchev–Trinajstić information content (AvgIpc) is 2.95. The maximum absolute atomic E-state index is 13.1. The Balaban J connectivity index is 1.42. The van der Waals surface area contributed by atoms with Crippen LogP contribution in [0, 0.1) is 11.3 Å². The van der Waals surface area contributed by atoms with Gasteiger partial charge >= 0.3 is 0 Å². The van der Waals surface area contributed by atoms with E-state index >= 15 is 0 Å². The van der Waals surface area contributed by atoms with Crippen molar-refractivity contribution >= 4 is 51.4 Å². The van der Waals surface area contributed by atoms with E-state index in [2.05, 4.69) is 4.98 Å². The molecule has 1 aliphatic heterocycles. The molecule has 0 radical (unpaired) electrons. The SMILES string of the molecule is CC1(C)C(=O)N(c2ccc(C#N)c(Cl)c2)C(=S)N1CCCOc1ccc2ncccc2c1. The van der Waals surface area contributed by atoms with Gasteiger partial charge in [0, 0.05) is 18.1 Å². The molecule has 4 rings (SSSR count). The lowest BCUT2D eigenvalue weighted by Gasteiger charge is -2.29. The van der Waals surface area contributed by atoms with Crippen LogP contribution in [0.2, 0.25) is 5.02 Å². The van der Waals surface area contributed by atoms with Gasteiger partial charge in [0.05, 0.1) is 28.4 Å². The minimum atomic E-state index is -0.800. The van der Waals surface area contributed by atoms with E-state index in [0.29, 0.717) is 35.9 Å². The number of amides is 1. The number of thiocarbonyl (C=S) groups is 1. The number of halogens is 1. The van der Waals surface area contributed by atoms with Gasteiger partial charge in [-0.2, -0.15) is 5.26 Å². The Morgan fingerprint density at radius 1 is 1.22 bits per heavy atom. The molecule has 162 valence electrons. The summed E-state index contributed by atoms with van der Waals surface area (Å²) in [5.74, 6) is 0.643. The van der Waals surface area contributed by atoms with Gasteiger partial charge < -0.3 is 9.64 Å². The fourth-order valence-corrected chi connectivity index (χ4v) is 4.45. The van der Waals surface area contributed by atoms with Gasteiger partial charge in [0.2, 0.25) is 0 Å². The van der Waals surface area contributed by atoms with E-state index < -0.39 is 5.54 Å². The Labute approximate surface area is 197 Å². The number of aromatic nitrogens is 1. The lowest BCUT2D eigenvalue weighted by molar-refractivity contribution is -0.123. The lowest BCUT2D eigenvalue weighted by atomic mass is 10.0. The minimum Gasteiger partial charge on any atom is -0.494 e. The summed E-state index contributed by atoms with van der Waals surface area (Å²) < 4.78 is 5.91. The van der Waals surface area contributed by atoms with Crippen LogP contribution in [0.25, 0.3) is 10.9 Å². The number of carbonyl (C=O) groups excluding carboxylic acids is 1. The first-order valence-electron chi connectivity index (χ1n) is 10.2. The highest BCUT2D eigenvalue weighted by atomic mass is 35.5. The highest BCUT2D eigenvalue weighted by Gasteiger charge is 2.49. The molecule has 1 saturated heterocycles. The van der Waals surface area contributed by atoms with E-state index in [4.69, 9.17) is 33.8 Å². The van der Waals surface area contributed by atoms with Gasteiger partial charge in [-0.05, 0) is 75.0 Å². The van der Waals surface area contributed by atoms with E-state index in [1.807, 2.05) is 55.1 Å². The molecule has 0 aliphatic carbocycles. The fraction of sp³-hybridized carbons (Fsp3) is 0.250. The van der Waals surface area contributed by atoms with Crippen LogP contribution >= 0.6 is 23.8 Å². The minimum absolute atomic E-state index is 0.133. The maximum Gasteiger partial charge on any atom is 0.258 e. The summed E-state index contributed by atoms with van der Waals surface area (Å²) in [5, 5.41) is 10.8. The largest absolute Gasteiger partial charge is 0.494 e. The van der Waals surface area contributed by atoms with E-state index in [1.165, 1.54) is 4.90 Å². The van der Waals surface area contributed by atoms with E-state index in [9.17, 15) is 4.79 Å². The van der Waals surface area contributed by atoms with Gasteiger partial charge in [0.1, 0.15) is 17.4 Å². The molecule has 2 heterocycles. The van der Waals surface area contributed by atoms with Gasteiger partial charge in [-0.15, -0.1) is 0 Å². The monoisotopic (exact) mass is 464 g/mol. The summed E-state index contributed by atoms with van der Waals surface area (Å²) in [7, 11) is 0. The number of benzene rings is 2. The molecule has 1 aromatic heterocycles. The predicted octanol–water partition coefficient (Wildman–Crippen LogP) is 4.94. The van der Waals surface area contributed by atoms with Crippen LogP contribution in [0.3, 0.4) is 0 Å². The summed E-state index contributed by atoms with van der Waals surface area (Å²) >= 11 is 11.8. The van der Waals surface area contributed by atoms with Crippen LogP contribution in [0.4, 0.5) is 5.69 Å². The number of ether oxygens (including phenoxy) is 1. The molecule has 1 aliphatic rings. The summed E-state index contributed by atoms with van der Waals surface area (Å²) in [4.78, 5) is 20.8. The third kappa shape index (κ3) is 3.99. The summed E-state index contributed by atoms with van der Waals surface area (Å²) in [6.07, 6.45) is 2.45. The van der Waals surface area contributed by atoms with Crippen LogP contribution in [0.5, 0.6) is 5.75 Å². The molecule has 0 unspecified atom stereocenters. The molecule has 1 fully saturated rings. The van der Waals surface area contributed by atoms with Gasteiger partial charge in [0.25, 0.3) is 5.91 Å². The van der Waals surface area contributed by atoms with E-state index in [1.54, 1.807) is 24.4 Å². The number of pyridine rings is 1. The van der Waals surface area contributed by atoms with Crippen LogP contribution in [-0.4, -0.2) is 39.6 Å². The van der Waals surface area contributed by atoms with Crippen molar-refractivity contribution in [1.82, 2.24) is 9.88 Å². The number of hydrogen-bond donors (Lipinski definition) is 0. The second-order valence-electron chi connectivity index (χ2n) is 7.97. The molecule has 8 heteroatoms. The molecule has 2 aromatic carbocycles. The average molecular weight is 465 g/mol. The van der Waals surface area contributed by atoms with Crippen molar-refractivity contribution in [2.45, 2.75) is 25.8 Å². The number of rotatable bonds is 6. The first kappa shape index (κ1) is 22.0. The van der Waals surface area contributed by atoms with Crippen molar-refractivity contribution in [3.05, 3.63) is 65.3 Å². The van der Waals surface area contributed by atoms with Gasteiger partial charge in [-0.1, -0.05) is 17.7 Å². The molecule has 0 bridgehead atoms. The first-order valence-corrected chi connectivity index (χ1v) is 10.9. The molecule has 32 heavy (non-hydrogen) atoms. The van der Waals surface area contributed by atoms with Gasteiger partial charge in [0.15, 0.2) is 5.11 Å². The van der Waals surface area contributed by atoms with E-state index in [0.717, 1.165) is 16.7 Å². The fourth-order valence-electron chi connectivity index (χ4n) is 3.73. The standard InChI is InChI=1S/C24H21ClN4O2S/c1-24(2)22(30)29(18-7-6-17(15-26)20(25)14-18)23(32)28(24)11-4-12-31-19-8-9-21-16(13-19)5-3-10-27-21/h3,5-10,13-14H,4,11-12H2,1-2H3. The molecule has 0 N–H and O–H groups in total. The molecule has 0 atom stereocenters. The van der Waals surface area contributed by atoms with Crippen molar-refractivity contribution in [2.75, 3.05) is 18.1 Å². The van der Waals surface area contributed by atoms with Crippen molar-refractivity contribution in [1.29, 1.82) is 5.26 Å². The van der Waals surface area contributed by atoms with Gasteiger partial charge in [-0.25, -0.2) is 0 Å². The third-order valence-electron chi connectivity index (χ3n) is 5.52. The second-order valence-corrected chi connectivity index (χ2v) is 8.74. The zero-order valence-electron chi connectivity index (χ0n) is 17.7. The molecular weight excluding hydrogens is 444 g/mol. The normalized spacial score (nSPS) is 15.3. The number of carbonyl (C=O) groups is 1. The molecule has 3 aromatic rings. The summed E-state index contributed by atoms with van der Waals surface area (Å²) in [6.45, 7) is 4.75. The Kier molecular flexibility index (Phi) is 6.00. The van der Waals surface area contributed by atoms with Crippen molar-refractivity contribution in [2.24, 2.45) is 0 Å². The molecular formula is C24H21ClN4O2S. The maximum atomic E-state index is 13.1. The molecule has 0 spiro atoms. The zero-order chi connectivity index (χ0) is 22.9. The predicted molar refractivity (Wildman–Crippen MR) is 129 cm³/mol. The summed E-state index contributed by atoms with van der Waals surface area (Å²) in [6, 6.07) is 16.6. The topological polar surface area (TPSA) is 69.5 Å². The van der Waals surface area contributed by atoms with E-state index in [-0.39, 0.29) is 10.9 Å². The number of fused-ring (bicyclic) bond motifs is 1. The van der Waals surface area contributed by atoms with Crippen molar-refractivity contribution in [3.63, 3.8) is 0 Å². The molecule has 6 nitrogen and oxygen atoms in total. The first-order chi connectivity index (χ1) is 15.3. The van der Waals surface area contributed by atoms with Crippen molar-refractivity contribution in [3.8, 4) is 11.8 Å². The Bertz CT molecular complexity index is 1250. The quantitative estimate of drug-likeness (QED) is 0.380. The number of nitrogens with zero attached hydrogens (tertiary/aromatic N) is 4. The lowest BCUT2D eigenvalue weighted by Crippen LogP contribution is -2.44. The highest BCUT2D eigenvalue weighted by molar-refractivity contribution is 7.80. The van der Waals surface area contributed by atoms with Gasteiger partial charge in [-0.3, -0.25) is 14.7 Å². The number of nitriles is 1. The molecule has 1 amide bonds. The van der Waals surface area contributed by atoms with Crippen LogP contribution in [0.1, 0.15) is 25.8 Å².